The summed E-state index contributed by atoms with van der Waals surface area (Å²) in [5, 5.41) is 9.96. The van der Waals surface area contributed by atoms with Crippen molar-refractivity contribution in [3.05, 3.63) is 51.1 Å². The zero-order valence-corrected chi connectivity index (χ0v) is 10.7. The first-order chi connectivity index (χ1) is 8.13. The Bertz CT molecular complexity index is 594. The van der Waals surface area contributed by atoms with Gasteiger partial charge >= 0.3 is 0 Å². The van der Waals surface area contributed by atoms with E-state index in [9.17, 15) is 0 Å². The maximum Gasteiger partial charge on any atom is 0.101 e. The van der Waals surface area contributed by atoms with Crippen molar-refractivity contribution in [1.29, 1.82) is 5.26 Å². The van der Waals surface area contributed by atoms with Crippen molar-refractivity contribution < 1.29 is 0 Å². The van der Waals surface area contributed by atoms with Crippen LogP contribution in [0.15, 0.2) is 30.5 Å². The Kier molecular flexibility index (Phi) is 3.54. The van der Waals surface area contributed by atoms with Gasteiger partial charge in [-0.15, -0.1) is 0 Å². The van der Waals surface area contributed by atoms with Crippen LogP contribution < -0.4 is 0 Å². The second kappa shape index (κ2) is 4.93. The van der Waals surface area contributed by atoms with Crippen molar-refractivity contribution in [2.45, 2.75) is 0 Å². The van der Waals surface area contributed by atoms with Crippen LogP contribution in [0.3, 0.4) is 0 Å². The Morgan fingerprint density at radius 2 is 1.76 bits per heavy atom. The average Bonchev–Trinajstić information content (AvgIpc) is 2.35. The molecule has 1 heterocycles. The van der Waals surface area contributed by atoms with E-state index in [-0.39, 0.29) is 0 Å². The molecule has 0 bridgehead atoms. The molecule has 0 N–H and O–H groups in total. The van der Waals surface area contributed by atoms with Gasteiger partial charge in [0, 0.05) is 11.8 Å². The first-order valence-electron chi connectivity index (χ1n) is 4.63. The fourth-order valence-electron chi connectivity index (χ4n) is 1.42. The minimum absolute atomic E-state index is 0.298. The van der Waals surface area contributed by atoms with Crippen LogP contribution in [-0.4, -0.2) is 4.98 Å². The highest BCUT2D eigenvalue weighted by molar-refractivity contribution is 6.48. The molecule has 2 nitrogen and oxygen atoms in total. The van der Waals surface area contributed by atoms with Crippen LogP contribution in [0.5, 0.6) is 0 Å². The third kappa shape index (κ3) is 2.37. The summed E-state index contributed by atoms with van der Waals surface area (Å²) in [6.45, 7) is 0. The highest BCUT2D eigenvalue weighted by atomic mass is 35.5. The number of pyridine rings is 1. The van der Waals surface area contributed by atoms with Crippen molar-refractivity contribution >= 4 is 34.8 Å². The molecule has 0 aliphatic rings. The quantitative estimate of drug-likeness (QED) is 0.718. The van der Waals surface area contributed by atoms with Crippen LogP contribution in [0, 0.1) is 11.3 Å². The summed E-state index contributed by atoms with van der Waals surface area (Å²) in [5.41, 5.74) is 1.67. The molecule has 2 aromatic rings. The van der Waals surface area contributed by atoms with E-state index in [1.54, 1.807) is 30.5 Å². The highest BCUT2D eigenvalue weighted by Crippen LogP contribution is 2.35. The number of nitriles is 1. The van der Waals surface area contributed by atoms with Crippen LogP contribution in [0.2, 0.25) is 15.1 Å². The lowest BCUT2D eigenvalue weighted by Gasteiger charge is -2.06. The molecule has 1 aromatic heterocycles. The van der Waals surface area contributed by atoms with Gasteiger partial charge in [-0.1, -0.05) is 34.8 Å². The van der Waals surface area contributed by atoms with Crippen molar-refractivity contribution in [3.8, 4) is 17.3 Å². The SMILES string of the molecule is N#Cc1cccnc1-c1cc(Cl)c(Cl)c(Cl)c1. The lowest BCUT2D eigenvalue weighted by Crippen LogP contribution is -1.88. The number of benzene rings is 1. The first kappa shape index (κ1) is 12.2. The Morgan fingerprint density at radius 1 is 1.12 bits per heavy atom. The maximum absolute atomic E-state index is 8.99. The van der Waals surface area contributed by atoms with Gasteiger partial charge in [0.05, 0.1) is 26.3 Å². The minimum Gasteiger partial charge on any atom is -0.255 e. The summed E-state index contributed by atoms with van der Waals surface area (Å²) in [4.78, 5) is 4.15. The molecule has 0 aliphatic heterocycles. The Morgan fingerprint density at radius 3 is 2.35 bits per heavy atom. The zero-order valence-electron chi connectivity index (χ0n) is 8.42. The van der Waals surface area contributed by atoms with E-state index in [1.165, 1.54) is 0 Å². The molecule has 2 rings (SSSR count). The molecule has 0 unspecified atom stereocenters. The van der Waals surface area contributed by atoms with Crippen LogP contribution in [0.4, 0.5) is 0 Å². The van der Waals surface area contributed by atoms with Crippen molar-refractivity contribution in [3.63, 3.8) is 0 Å². The average molecular weight is 284 g/mol. The highest BCUT2D eigenvalue weighted by Gasteiger charge is 2.11. The Balaban J connectivity index is 2.66. The first-order valence-corrected chi connectivity index (χ1v) is 5.77. The zero-order chi connectivity index (χ0) is 12.4. The topological polar surface area (TPSA) is 36.7 Å². The normalized spacial score (nSPS) is 10.0. The summed E-state index contributed by atoms with van der Waals surface area (Å²) in [5.74, 6) is 0. The van der Waals surface area contributed by atoms with Gasteiger partial charge < -0.3 is 0 Å². The van der Waals surface area contributed by atoms with Gasteiger partial charge in [-0.3, -0.25) is 4.98 Å². The lowest BCUT2D eigenvalue weighted by atomic mass is 10.1. The molecule has 0 saturated carbocycles. The van der Waals surface area contributed by atoms with Gasteiger partial charge in [-0.2, -0.15) is 5.26 Å². The minimum atomic E-state index is 0.298. The molecule has 0 saturated heterocycles. The molecule has 0 atom stereocenters. The smallest absolute Gasteiger partial charge is 0.101 e. The van der Waals surface area contributed by atoms with E-state index in [0.29, 0.717) is 31.9 Å². The number of rotatable bonds is 1. The second-order valence-corrected chi connectivity index (χ2v) is 4.46. The van der Waals surface area contributed by atoms with Crippen molar-refractivity contribution in [1.82, 2.24) is 4.98 Å². The third-order valence-corrected chi connectivity index (χ3v) is 3.38. The standard InChI is InChI=1S/C12H5Cl3N2/c13-9-4-8(5-10(14)11(9)15)12-7(6-16)2-1-3-17-12/h1-5H. The van der Waals surface area contributed by atoms with Crippen LogP contribution in [0.25, 0.3) is 11.3 Å². The summed E-state index contributed by atoms with van der Waals surface area (Å²) >= 11 is 17.7. The summed E-state index contributed by atoms with van der Waals surface area (Å²) in [6.07, 6.45) is 1.60. The van der Waals surface area contributed by atoms with E-state index in [4.69, 9.17) is 40.1 Å². The summed E-state index contributed by atoms with van der Waals surface area (Å²) in [7, 11) is 0. The predicted molar refractivity (Wildman–Crippen MR) is 69.4 cm³/mol. The molecule has 0 radical (unpaired) electrons. The summed E-state index contributed by atoms with van der Waals surface area (Å²) < 4.78 is 0. The fraction of sp³-hybridized carbons (Fsp3) is 0. The molecule has 0 spiro atoms. The fourth-order valence-corrected chi connectivity index (χ4v) is 2.01. The number of aromatic nitrogens is 1. The molecule has 1 aromatic carbocycles. The largest absolute Gasteiger partial charge is 0.255 e. The van der Waals surface area contributed by atoms with E-state index in [2.05, 4.69) is 11.1 Å². The van der Waals surface area contributed by atoms with Gasteiger partial charge in [0.1, 0.15) is 6.07 Å². The van der Waals surface area contributed by atoms with E-state index >= 15 is 0 Å². The van der Waals surface area contributed by atoms with E-state index in [1.807, 2.05) is 0 Å². The van der Waals surface area contributed by atoms with Gasteiger partial charge in [-0.05, 0) is 24.3 Å². The monoisotopic (exact) mass is 282 g/mol. The van der Waals surface area contributed by atoms with Crippen LogP contribution in [0.1, 0.15) is 5.56 Å². The van der Waals surface area contributed by atoms with Crippen LogP contribution in [-0.2, 0) is 0 Å². The molecule has 5 heteroatoms. The second-order valence-electron chi connectivity index (χ2n) is 3.27. The van der Waals surface area contributed by atoms with Gasteiger partial charge in [0.2, 0.25) is 0 Å². The Hall–Kier alpha value is -1.27. The van der Waals surface area contributed by atoms with Gasteiger partial charge in [-0.25, -0.2) is 0 Å². The predicted octanol–water partition coefficient (Wildman–Crippen LogP) is 4.58. The number of hydrogen-bond donors (Lipinski definition) is 0. The van der Waals surface area contributed by atoms with Gasteiger partial charge in [0.15, 0.2) is 0 Å². The van der Waals surface area contributed by atoms with E-state index < -0.39 is 0 Å². The summed E-state index contributed by atoms with van der Waals surface area (Å²) in [6, 6.07) is 8.72. The van der Waals surface area contributed by atoms with Crippen LogP contribution >= 0.6 is 34.8 Å². The molecule has 84 valence electrons. The lowest BCUT2D eigenvalue weighted by molar-refractivity contribution is 1.30. The van der Waals surface area contributed by atoms with Gasteiger partial charge in [0.25, 0.3) is 0 Å². The molecule has 17 heavy (non-hydrogen) atoms. The number of halogens is 3. The molecule has 0 amide bonds. The molecule has 0 aliphatic carbocycles. The number of nitrogens with zero attached hydrogens (tertiary/aromatic N) is 2. The van der Waals surface area contributed by atoms with E-state index in [0.717, 1.165) is 0 Å². The number of hydrogen-bond acceptors (Lipinski definition) is 2. The maximum atomic E-state index is 8.99. The third-order valence-electron chi connectivity index (χ3n) is 2.19. The molecule has 0 fully saturated rings. The molecular formula is C12H5Cl3N2. The van der Waals surface area contributed by atoms with Crippen molar-refractivity contribution in [2.75, 3.05) is 0 Å². The Labute approximate surface area is 113 Å². The molecular weight excluding hydrogens is 279 g/mol. The van der Waals surface area contributed by atoms with Crippen molar-refractivity contribution in [2.24, 2.45) is 0 Å².